The van der Waals surface area contributed by atoms with E-state index in [0.29, 0.717) is 29.4 Å². The highest BCUT2D eigenvalue weighted by Gasteiger charge is 2.22. The number of halogens is 2. The largest absolute Gasteiger partial charge is 0.387 e. The molecule has 0 aromatic heterocycles. The van der Waals surface area contributed by atoms with Gasteiger partial charge < -0.3 is 5.73 Å². The van der Waals surface area contributed by atoms with E-state index in [1.807, 2.05) is 0 Å². The lowest BCUT2D eigenvalue weighted by Gasteiger charge is -2.15. The van der Waals surface area contributed by atoms with E-state index in [1.165, 1.54) is 6.07 Å². The first-order valence-corrected chi connectivity index (χ1v) is 7.17. The van der Waals surface area contributed by atoms with Crippen LogP contribution in [0.2, 0.25) is 5.02 Å². The molecular formula is C9H8Cl2N2O2S. The Balaban J connectivity index is 2.77. The quantitative estimate of drug-likeness (QED) is 0.801. The van der Waals surface area contributed by atoms with Gasteiger partial charge in [-0.05, 0) is 24.1 Å². The highest BCUT2D eigenvalue weighted by Crippen LogP contribution is 2.36. The second kappa shape index (κ2) is 3.91. The fourth-order valence-electron chi connectivity index (χ4n) is 1.59. The summed E-state index contributed by atoms with van der Waals surface area (Å²) >= 11 is 5.82. The standard InChI is InChI=1S/C9H8Cl2N2O2S/c10-6-3-5-1-2-8(12)13-9(5)7(4-6)16(11,14)15/h3-4H,1-2H2,(H2,12,13). The lowest BCUT2D eigenvalue weighted by atomic mass is 10.0. The van der Waals surface area contributed by atoms with E-state index in [9.17, 15) is 8.42 Å². The highest BCUT2D eigenvalue weighted by atomic mass is 35.7. The normalized spacial score (nSPS) is 15.5. The summed E-state index contributed by atoms with van der Waals surface area (Å²) in [4.78, 5) is 3.94. The van der Waals surface area contributed by atoms with Crippen LogP contribution in [0.5, 0.6) is 0 Å². The van der Waals surface area contributed by atoms with Crippen LogP contribution >= 0.6 is 22.3 Å². The summed E-state index contributed by atoms with van der Waals surface area (Å²) in [5.74, 6) is 0.399. The third-order valence-corrected chi connectivity index (χ3v) is 3.84. The fraction of sp³-hybridized carbons (Fsp3) is 0.222. The van der Waals surface area contributed by atoms with Crippen molar-refractivity contribution in [3.8, 4) is 0 Å². The molecule has 0 saturated carbocycles. The monoisotopic (exact) mass is 278 g/mol. The summed E-state index contributed by atoms with van der Waals surface area (Å²) in [5.41, 5.74) is 6.64. The molecule has 0 aliphatic carbocycles. The molecule has 0 atom stereocenters. The van der Waals surface area contributed by atoms with Crippen molar-refractivity contribution in [2.75, 3.05) is 0 Å². The minimum Gasteiger partial charge on any atom is -0.387 e. The summed E-state index contributed by atoms with van der Waals surface area (Å²) in [7, 11) is 1.45. The van der Waals surface area contributed by atoms with Gasteiger partial charge in [-0.25, -0.2) is 13.4 Å². The molecule has 0 spiro atoms. The van der Waals surface area contributed by atoms with Crippen molar-refractivity contribution < 1.29 is 8.42 Å². The van der Waals surface area contributed by atoms with Crippen molar-refractivity contribution in [1.29, 1.82) is 0 Å². The maximum atomic E-state index is 11.4. The number of rotatable bonds is 1. The van der Waals surface area contributed by atoms with Crippen LogP contribution in [0.15, 0.2) is 22.0 Å². The average Bonchev–Trinajstić information content (AvgIpc) is 2.16. The third kappa shape index (κ3) is 2.16. The number of amidine groups is 1. The zero-order valence-electron chi connectivity index (χ0n) is 8.07. The zero-order chi connectivity index (χ0) is 11.9. The van der Waals surface area contributed by atoms with Gasteiger partial charge in [0, 0.05) is 22.1 Å². The van der Waals surface area contributed by atoms with Crippen LogP contribution < -0.4 is 5.73 Å². The molecule has 1 heterocycles. The molecule has 16 heavy (non-hydrogen) atoms. The fourth-order valence-corrected chi connectivity index (χ4v) is 2.93. The smallest absolute Gasteiger partial charge is 0.263 e. The molecule has 2 N–H and O–H groups in total. The minimum absolute atomic E-state index is 0.0840. The maximum Gasteiger partial charge on any atom is 0.263 e. The number of nitrogens with two attached hydrogens (primary N) is 1. The van der Waals surface area contributed by atoms with Crippen LogP contribution in [0.25, 0.3) is 0 Å². The van der Waals surface area contributed by atoms with Crippen LogP contribution in [-0.2, 0) is 15.5 Å². The van der Waals surface area contributed by atoms with Crippen molar-refractivity contribution in [3.63, 3.8) is 0 Å². The Labute approximate surface area is 102 Å². The Kier molecular flexibility index (Phi) is 2.86. The Bertz CT molecular complexity index is 581. The number of hydrogen-bond acceptors (Lipinski definition) is 4. The number of benzene rings is 1. The Morgan fingerprint density at radius 2 is 2.00 bits per heavy atom. The van der Waals surface area contributed by atoms with E-state index >= 15 is 0 Å². The molecule has 0 fully saturated rings. The Morgan fingerprint density at radius 3 is 2.62 bits per heavy atom. The second-order valence-corrected chi connectivity index (χ2v) is 6.42. The molecule has 1 aliphatic rings. The maximum absolute atomic E-state index is 11.4. The first-order chi connectivity index (χ1) is 7.38. The van der Waals surface area contributed by atoms with E-state index in [0.717, 1.165) is 5.56 Å². The molecular weight excluding hydrogens is 271 g/mol. The zero-order valence-corrected chi connectivity index (χ0v) is 10.4. The summed E-state index contributed by atoms with van der Waals surface area (Å²) in [6, 6.07) is 2.96. The van der Waals surface area contributed by atoms with Gasteiger partial charge in [-0.15, -0.1) is 0 Å². The van der Waals surface area contributed by atoms with Gasteiger partial charge in [0.15, 0.2) is 0 Å². The van der Waals surface area contributed by atoms with Gasteiger partial charge in [-0.1, -0.05) is 11.6 Å². The van der Waals surface area contributed by atoms with E-state index in [4.69, 9.17) is 28.0 Å². The molecule has 2 rings (SSSR count). The highest BCUT2D eigenvalue weighted by molar-refractivity contribution is 8.13. The number of nitrogens with zero attached hydrogens (tertiary/aromatic N) is 1. The molecule has 1 aromatic rings. The summed E-state index contributed by atoms with van der Waals surface area (Å²) in [6.07, 6.45) is 1.21. The summed E-state index contributed by atoms with van der Waals surface area (Å²) in [5, 5.41) is 0.327. The van der Waals surface area contributed by atoms with Gasteiger partial charge in [0.2, 0.25) is 0 Å². The van der Waals surface area contributed by atoms with E-state index in [-0.39, 0.29) is 4.90 Å². The molecule has 86 valence electrons. The first-order valence-electron chi connectivity index (χ1n) is 4.48. The van der Waals surface area contributed by atoms with Crippen LogP contribution in [-0.4, -0.2) is 14.3 Å². The SMILES string of the molecule is NC1=Nc2c(cc(Cl)cc2S(=O)(=O)Cl)CC1. The third-order valence-electron chi connectivity index (χ3n) is 2.29. The van der Waals surface area contributed by atoms with Crippen molar-refractivity contribution >= 4 is 42.9 Å². The average molecular weight is 279 g/mol. The van der Waals surface area contributed by atoms with Gasteiger partial charge in [0.1, 0.15) is 4.90 Å². The summed E-state index contributed by atoms with van der Waals surface area (Å²) in [6.45, 7) is 0. The molecule has 0 bridgehead atoms. The minimum atomic E-state index is -3.87. The molecule has 1 aromatic carbocycles. The predicted molar refractivity (Wildman–Crippen MR) is 64.1 cm³/mol. The Morgan fingerprint density at radius 1 is 1.31 bits per heavy atom. The lowest BCUT2D eigenvalue weighted by Crippen LogP contribution is -2.16. The van der Waals surface area contributed by atoms with Crippen molar-refractivity contribution in [3.05, 3.63) is 22.7 Å². The van der Waals surface area contributed by atoms with Crippen LogP contribution in [0.4, 0.5) is 5.69 Å². The van der Waals surface area contributed by atoms with E-state index in [2.05, 4.69) is 4.99 Å². The van der Waals surface area contributed by atoms with E-state index in [1.54, 1.807) is 6.07 Å². The molecule has 1 aliphatic heterocycles. The molecule has 4 nitrogen and oxygen atoms in total. The van der Waals surface area contributed by atoms with E-state index < -0.39 is 9.05 Å². The van der Waals surface area contributed by atoms with Gasteiger partial charge in [-0.2, -0.15) is 0 Å². The second-order valence-electron chi connectivity index (χ2n) is 3.45. The van der Waals surface area contributed by atoms with Crippen molar-refractivity contribution in [1.82, 2.24) is 0 Å². The van der Waals surface area contributed by atoms with Crippen LogP contribution in [0, 0.1) is 0 Å². The van der Waals surface area contributed by atoms with Gasteiger partial charge in [-0.3, -0.25) is 0 Å². The topological polar surface area (TPSA) is 72.5 Å². The number of aliphatic imine (C=N–C) groups is 1. The number of fused-ring (bicyclic) bond motifs is 1. The van der Waals surface area contributed by atoms with Gasteiger partial charge in [0.25, 0.3) is 9.05 Å². The lowest BCUT2D eigenvalue weighted by molar-refractivity contribution is 0.609. The first kappa shape index (κ1) is 11.7. The molecule has 0 unspecified atom stereocenters. The molecule has 0 saturated heterocycles. The molecule has 0 amide bonds. The van der Waals surface area contributed by atoms with Gasteiger partial charge in [0.05, 0.1) is 11.5 Å². The van der Waals surface area contributed by atoms with Crippen molar-refractivity contribution in [2.24, 2.45) is 10.7 Å². The molecule has 0 radical (unpaired) electrons. The van der Waals surface area contributed by atoms with Gasteiger partial charge >= 0.3 is 0 Å². The summed E-state index contributed by atoms with van der Waals surface area (Å²) < 4.78 is 22.7. The number of aryl methyl sites for hydroxylation is 1. The number of hydrogen-bond donors (Lipinski definition) is 1. The van der Waals surface area contributed by atoms with Crippen molar-refractivity contribution in [2.45, 2.75) is 17.7 Å². The Hall–Kier alpha value is -0.780. The predicted octanol–water partition coefficient (Wildman–Crippen LogP) is 2.20. The molecule has 7 heteroatoms. The van der Waals surface area contributed by atoms with Crippen LogP contribution in [0.1, 0.15) is 12.0 Å². The van der Waals surface area contributed by atoms with Crippen LogP contribution in [0.3, 0.4) is 0 Å².